The molecule has 0 aliphatic carbocycles. The Morgan fingerprint density at radius 3 is 2.78 bits per heavy atom. The number of hydrogen-bond donors (Lipinski definition) is 3. The maximum atomic E-state index is 11.0. The Hall–Kier alpha value is -1.33. The average molecular weight is 272 g/mol. The quantitative estimate of drug-likeness (QED) is 0.498. The number of anilines is 2. The SMILES string of the molecule is O=C(CCl)Nc1ccc(NCCCCCO)nc1. The number of alkyl halides is 1. The van der Waals surface area contributed by atoms with Gasteiger partial charge in [-0.3, -0.25) is 4.79 Å². The summed E-state index contributed by atoms with van der Waals surface area (Å²) in [5, 5.41) is 14.4. The highest BCUT2D eigenvalue weighted by Gasteiger charge is 2.00. The molecule has 0 unspecified atom stereocenters. The van der Waals surface area contributed by atoms with E-state index in [2.05, 4.69) is 15.6 Å². The number of nitrogens with zero attached hydrogens (tertiary/aromatic N) is 1. The van der Waals surface area contributed by atoms with Gasteiger partial charge in [0.05, 0.1) is 11.9 Å². The lowest BCUT2D eigenvalue weighted by atomic mass is 10.2. The summed E-state index contributed by atoms with van der Waals surface area (Å²) in [7, 11) is 0. The number of aliphatic hydroxyl groups is 1. The second-order valence-corrected chi connectivity index (χ2v) is 4.09. The summed E-state index contributed by atoms with van der Waals surface area (Å²) in [5.74, 6) is 0.455. The van der Waals surface area contributed by atoms with Crippen molar-refractivity contribution in [3.63, 3.8) is 0 Å². The molecule has 18 heavy (non-hydrogen) atoms. The molecule has 1 aromatic rings. The van der Waals surface area contributed by atoms with Gasteiger partial charge in [0.15, 0.2) is 0 Å². The highest BCUT2D eigenvalue weighted by atomic mass is 35.5. The fraction of sp³-hybridized carbons (Fsp3) is 0.500. The molecular formula is C12H18ClN3O2. The molecule has 1 amide bonds. The van der Waals surface area contributed by atoms with E-state index in [-0.39, 0.29) is 18.4 Å². The summed E-state index contributed by atoms with van der Waals surface area (Å²) in [5.41, 5.74) is 0.631. The molecule has 0 radical (unpaired) electrons. The monoisotopic (exact) mass is 271 g/mol. The van der Waals surface area contributed by atoms with Crippen molar-refractivity contribution in [1.29, 1.82) is 0 Å². The first-order valence-electron chi connectivity index (χ1n) is 5.93. The topological polar surface area (TPSA) is 74.2 Å². The lowest BCUT2D eigenvalue weighted by molar-refractivity contribution is -0.113. The van der Waals surface area contributed by atoms with E-state index in [4.69, 9.17) is 16.7 Å². The lowest BCUT2D eigenvalue weighted by Crippen LogP contribution is -2.12. The lowest BCUT2D eigenvalue weighted by Gasteiger charge is -2.06. The molecule has 0 bridgehead atoms. The molecule has 0 spiro atoms. The summed E-state index contributed by atoms with van der Waals surface area (Å²) in [4.78, 5) is 15.2. The number of nitrogens with one attached hydrogen (secondary N) is 2. The van der Waals surface area contributed by atoms with Crippen LogP contribution in [0.25, 0.3) is 0 Å². The number of amides is 1. The second-order valence-electron chi connectivity index (χ2n) is 3.82. The predicted octanol–water partition coefficient (Wildman–Crippen LogP) is 1.83. The van der Waals surface area contributed by atoms with Crippen LogP contribution in [0.2, 0.25) is 0 Å². The van der Waals surface area contributed by atoms with Gasteiger partial charge in [-0.15, -0.1) is 11.6 Å². The highest BCUT2D eigenvalue weighted by molar-refractivity contribution is 6.29. The van der Waals surface area contributed by atoms with E-state index in [1.807, 2.05) is 0 Å². The van der Waals surface area contributed by atoms with E-state index < -0.39 is 0 Å². The minimum Gasteiger partial charge on any atom is -0.396 e. The van der Waals surface area contributed by atoms with E-state index in [9.17, 15) is 4.79 Å². The fourth-order valence-corrected chi connectivity index (χ4v) is 1.46. The summed E-state index contributed by atoms with van der Waals surface area (Å²) >= 11 is 5.38. The number of aromatic nitrogens is 1. The third-order valence-corrected chi connectivity index (χ3v) is 2.55. The molecule has 5 nitrogen and oxygen atoms in total. The summed E-state index contributed by atoms with van der Waals surface area (Å²) in [6.07, 6.45) is 4.40. The molecule has 1 rings (SSSR count). The largest absolute Gasteiger partial charge is 0.396 e. The van der Waals surface area contributed by atoms with Crippen molar-refractivity contribution in [3.05, 3.63) is 18.3 Å². The molecule has 0 saturated carbocycles. The Morgan fingerprint density at radius 1 is 1.33 bits per heavy atom. The Balaban J connectivity index is 2.29. The Morgan fingerprint density at radius 2 is 2.17 bits per heavy atom. The number of unbranched alkanes of at least 4 members (excludes halogenated alkanes) is 2. The van der Waals surface area contributed by atoms with Gasteiger partial charge in [0.25, 0.3) is 0 Å². The van der Waals surface area contributed by atoms with E-state index in [1.165, 1.54) is 0 Å². The molecule has 1 heterocycles. The van der Waals surface area contributed by atoms with Crippen LogP contribution in [0, 0.1) is 0 Å². The first kappa shape index (κ1) is 14.7. The maximum absolute atomic E-state index is 11.0. The second kappa shape index (κ2) is 8.72. The van der Waals surface area contributed by atoms with Crippen LogP contribution in [0.5, 0.6) is 0 Å². The standard InChI is InChI=1S/C12H18ClN3O2/c13-8-12(18)16-10-4-5-11(15-9-10)14-6-2-1-3-7-17/h4-5,9,17H,1-3,6-8H2,(H,14,15)(H,16,18). The highest BCUT2D eigenvalue weighted by Crippen LogP contribution is 2.10. The van der Waals surface area contributed by atoms with Gasteiger partial charge in [-0.05, 0) is 31.4 Å². The number of hydrogen-bond acceptors (Lipinski definition) is 4. The molecule has 0 aliphatic rings. The molecule has 0 aromatic carbocycles. The van der Waals surface area contributed by atoms with Crippen molar-refractivity contribution >= 4 is 29.0 Å². The smallest absolute Gasteiger partial charge is 0.239 e. The third kappa shape index (κ3) is 5.84. The van der Waals surface area contributed by atoms with Gasteiger partial charge in [-0.2, -0.15) is 0 Å². The number of aliphatic hydroxyl groups excluding tert-OH is 1. The molecular weight excluding hydrogens is 254 g/mol. The number of halogens is 1. The van der Waals surface area contributed by atoms with Crippen LogP contribution in [-0.4, -0.2) is 35.0 Å². The Labute approximate surface area is 112 Å². The van der Waals surface area contributed by atoms with Crippen LogP contribution in [0.4, 0.5) is 11.5 Å². The van der Waals surface area contributed by atoms with Gasteiger partial charge in [0, 0.05) is 13.2 Å². The van der Waals surface area contributed by atoms with Gasteiger partial charge < -0.3 is 15.7 Å². The van der Waals surface area contributed by atoms with Crippen LogP contribution in [0.1, 0.15) is 19.3 Å². The van der Waals surface area contributed by atoms with Crippen molar-refractivity contribution in [2.45, 2.75) is 19.3 Å². The Kier molecular flexibility index (Phi) is 7.13. The van der Waals surface area contributed by atoms with E-state index in [0.29, 0.717) is 5.69 Å². The predicted molar refractivity (Wildman–Crippen MR) is 73.0 cm³/mol. The van der Waals surface area contributed by atoms with Gasteiger partial charge >= 0.3 is 0 Å². The number of rotatable bonds is 8. The van der Waals surface area contributed by atoms with Crippen LogP contribution in [0.15, 0.2) is 18.3 Å². The van der Waals surface area contributed by atoms with Crippen molar-refractivity contribution < 1.29 is 9.90 Å². The van der Waals surface area contributed by atoms with Gasteiger partial charge in [-0.25, -0.2) is 4.98 Å². The first-order valence-corrected chi connectivity index (χ1v) is 6.46. The number of carbonyl (C=O) groups excluding carboxylic acids is 1. The minimum atomic E-state index is -0.247. The van der Waals surface area contributed by atoms with Crippen molar-refractivity contribution in [2.24, 2.45) is 0 Å². The summed E-state index contributed by atoms with van der Waals surface area (Å²) in [6.45, 7) is 1.06. The van der Waals surface area contributed by atoms with Crippen molar-refractivity contribution in [3.8, 4) is 0 Å². The normalized spacial score (nSPS) is 10.1. The van der Waals surface area contributed by atoms with Gasteiger partial charge in [0.2, 0.25) is 5.91 Å². The first-order chi connectivity index (χ1) is 8.76. The fourth-order valence-electron chi connectivity index (χ4n) is 1.40. The maximum Gasteiger partial charge on any atom is 0.239 e. The van der Waals surface area contributed by atoms with Crippen LogP contribution >= 0.6 is 11.6 Å². The van der Waals surface area contributed by atoms with Crippen LogP contribution in [0.3, 0.4) is 0 Å². The summed E-state index contributed by atoms with van der Waals surface area (Å²) < 4.78 is 0. The minimum absolute atomic E-state index is 0.0646. The molecule has 3 N–H and O–H groups in total. The van der Waals surface area contributed by atoms with E-state index in [0.717, 1.165) is 31.6 Å². The average Bonchev–Trinajstić information content (AvgIpc) is 2.40. The Bertz CT molecular complexity index is 357. The zero-order valence-corrected chi connectivity index (χ0v) is 10.9. The van der Waals surface area contributed by atoms with Crippen molar-refractivity contribution in [1.82, 2.24) is 4.98 Å². The number of carbonyl (C=O) groups is 1. The number of pyridine rings is 1. The summed E-state index contributed by atoms with van der Waals surface area (Å²) in [6, 6.07) is 3.57. The molecule has 0 fully saturated rings. The van der Waals surface area contributed by atoms with E-state index >= 15 is 0 Å². The molecule has 0 aliphatic heterocycles. The zero-order chi connectivity index (χ0) is 13.2. The zero-order valence-electron chi connectivity index (χ0n) is 10.2. The molecule has 100 valence electrons. The van der Waals surface area contributed by atoms with E-state index in [1.54, 1.807) is 18.3 Å². The molecule has 0 atom stereocenters. The van der Waals surface area contributed by atoms with Gasteiger partial charge in [0.1, 0.15) is 11.7 Å². The van der Waals surface area contributed by atoms with Crippen molar-refractivity contribution in [2.75, 3.05) is 29.7 Å². The molecule has 0 saturated heterocycles. The van der Waals surface area contributed by atoms with Crippen LogP contribution in [-0.2, 0) is 4.79 Å². The van der Waals surface area contributed by atoms with Gasteiger partial charge in [-0.1, -0.05) is 0 Å². The molecule has 1 aromatic heterocycles. The van der Waals surface area contributed by atoms with Crippen LogP contribution < -0.4 is 10.6 Å². The molecule has 6 heteroatoms. The third-order valence-electron chi connectivity index (χ3n) is 2.31.